The molecule has 0 unspecified atom stereocenters. The summed E-state index contributed by atoms with van der Waals surface area (Å²) >= 11 is 0. The minimum Gasteiger partial charge on any atom is -0.508 e. The van der Waals surface area contributed by atoms with Crippen molar-refractivity contribution in [1.29, 1.82) is 0 Å². The molecule has 0 aliphatic heterocycles. The van der Waals surface area contributed by atoms with Gasteiger partial charge in [-0.15, -0.1) is 0 Å². The number of phenolic OH excluding ortho intramolecular Hbond substituents is 1. The van der Waals surface area contributed by atoms with Crippen molar-refractivity contribution >= 4 is 0 Å². The molecule has 4 N–H and O–H groups in total. The van der Waals surface area contributed by atoms with Gasteiger partial charge in [-0.25, -0.2) is 0 Å². The Balaban J connectivity index is 2.73. The van der Waals surface area contributed by atoms with Gasteiger partial charge in [0.15, 0.2) is 0 Å². The number of aliphatic hydroxyl groups is 1. The van der Waals surface area contributed by atoms with Gasteiger partial charge in [-0.05, 0) is 17.7 Å². The Morgan fingerprint density at radius 3 is 2.83 bits per heavy atom. The average molecular weight is 168 g/mol. The molecule has 0 spiro atoms. The summed E-state index contributed by atoms with van der Waals surface area (Å²) < 4.78 is 0. The third-order valence-corrected chi connectivity index (χ3v) is 1.71. The summed E-state index contributed by atoms with van der Waals surface area (Å²) in [6, 6.07) is 6.69. The SMILES string of the molecule is C[NH2+]C[C@@H](O)c1cccc(O)c1. The highest BCUT2D eigenvalue weighted by Crippen LogP contribution is 2.16. The van der Waals surface area contributed by atoms with Gasteiger partial charge in [0.25, 0.3) is 0 Å². The molecule has 1 rings (SSSR count). The first-order valence-electron chi connectivity index (χ1n) is 3.99. The molecular weight excluding hydrogens is 154 g/mol. The molecule has 1 aromatic carbocycles. The van der Waals surface area contributed by atoms with Crippen LogP contribution < -0.4 is 5.32 Å². The molecule has 66 valence electrons. The molecule has 1 atom stereocenters. The van der Waals surface area contributed by atoms with Crippen molar-refractivity contribution in [2.24, 2.45) is 0 Å². The summed E-state index contributed by atoms with van der Waals surface area (Å²) in [5.74, 6) is 0.197. The van der Waals surface area contributed by atoms with Crippen LogP contribution in [0.5, 0.6) is 5.75 Å². The Bertz CT molecular complexity index is 250. The molecule has 3 nitrogen and oxygen atoms in total. The smallest absolute Gasteiger partial charge is 0.128 e. The van der Waals surface area contributed by atoms with E-state index in [1.165, 1.54) is 0 Å². The van der Waals surface area contributed by atoms with Gasteiger partial charge in [0.1, 0.15) is 18.4 Å². The largest absolute Gasteiger partial charge is 0.508 e. The second-order valence-corrected chi connectivity index (χ2v) is 2.75. The van der Waals surface area contributed by atoms with E-state index in [0.29, 0.717) is 6.54 Å². The lowest BCUT2D eigenvalue weighted by molar-refractivity contribution is -0.634. The number of aromatic hydroxyl groups is 1. The Kier molecular flexibility index (Phi) is 3.08. The van der Waals surface area contributed by atoms with Crippen LogP contribution in [0.15, 0.2) is 24.3 Å². The predicted octanol–water partition coefficient (Wildman–Crippen LogP) is -0.381. The molecule has 0 saturated carbocycles. The van der Waals surface area contributed by atoms with Crippen LogP contribution in [0.4, 0.5) is 0 Å². The molecule has 0 radical (unpaired) electrons. The van der Waals surface area contributed by atoms with Gasteiger partial charge in [0.05, 0.1) is 7.05 Å². The van der Waals surface area contributed by atoms with Gasteiger partial charge in [0, 0.05) is 0 Å². The maximum atomic E-state index is 9.50. The van der Waals surface area contributed by atoms with Gasteiger partial charge in [-0.2, -0.15) is 0 Å². The van der Waals surface area contributed by atoms with Crippen molar-refractivity contribution in [3.63, 3.8) is 0 Å². The molecular formula is C9H14NO2+. The minimum atomic E-state index is -0.498. The highest BCUT2D eigenvalue weighted by atomic mass is 16.3. The molecule has 1 aromatic rings. The lowest BCUT2D eigenvalue weighted by atomic mass is 10.1. The van der Waals surface area contributed by atoms with Crippen LogP contribution >= 0.6 is 0 Å². The zero-order valence-electron chi connectivity index (χ0n) is 7.07. The van der Waals surface area contributed by atoms with E-state index in [1.54, 1.807) is 24.3 Å². The molecule has 3 heteroatoms. The van der Waals surface area contributed by atoms with E-state index in [1.807, 2.05) is 12.4 Å². The van der Waals surface area contributed by atoms with Crippen molar-refractivity contribution in [1.82, 2.24) is 0 Å². The molecule has 0 aliphatic carbocycles. The van der Waals surface area contributed by atoms with Crippen molar-refractivity contribution < 1.29 is 15.5 Å². The number of phenols is 1. The second-order valence-electron chi connectivity index (χ2n) is 2.75. The summed E-state index contributed by atoms with van der Waals surface area (Å²) in [4.78, 5) is 0. The molecule has 0 aliphatic rings. The third kappa shape index (κ3) is 2.22. The Morgan fingerprint density at radius 1 is 1.50 bits per heavy atom. The van der Waals surface area contributed by atoms with E-state index in [4.69, 9.17) is 5.11 Å². The Labute approximate surface area is 71.7 Å². The van der Waals surface area contributed by atoms with Crippen LogP contribution in [0.25, 0.3) is 0 Å². The number of hydrogen-bond donors (Lipinski definition) is 3. The zero-order valence-corrected chi connectivity index (χ0v) is 7.07. The summed E-state index contributed by atoms with van der Waals surface area (Å²) in [5.41, 5.74) is 0.758. The Morgan fingerprint density at radius 2 is 2.25 bits per heavy atom. The highest BCUT2D eigenvalue weighted by Gasteiger charge is 2.07. The molecule has 0 aromatic heterocycles. The van der Waals surface area contributed by atoms with Crippen molar-refractivity contribution in [3.8, 4) is 5.75 Å². The maximum absolute atomic E-state index is 9.50. The van der Waals surface area contributed by atoms with Crippen molar-refractivity contribution in [2.75, 3.05) is 13.6 Å². The summed E-state index contributed by atoms with van der Waals surface area (Å²) in [7, 11) is 1.89. The van der Waals surface area contributed by atoms with E-state index in [-0.39, 0.29) is 5.75 Å². The fourth-order valence-corrected chi connectivity index (χ4v) is 1.09. The number of likely N-dealkylation sites (N-methyl/N-ethyl adjacent to an activating group) is 1. The van der Waals surface area contributed by atoms with Crippen LogP contribution in [-0.2, 0) is 0 Å². The van der Waals surface area contributed by atoms with E-state index >= 15 is 0 Å². The van der Waals surface area contributed by atoms with Gasteiger partial charge in [-0.3, -0.25) is 0 Å². The molecule has 12 heavy (non-hydrogen) atoms. The normalized spacial score (nSPS) is 12.8. The first kappa shape index (κ1) is 9.03. The maximum Gasteiger partial charge on any atom is 0.128 e. The summed E-state index contributed by atoms with van der Waals surface area (Å²) in [5, 5.41) is 20.5. The second kappa shape index (κ2) is 4.09. The van der Waals surface area contributed by atoms with Crippen LogP contribution in [0.2, 0.25) is 0 Å². The van der Waals surface area contributed by atoms with E-state index in [0.717, 1.165) is 5.56 Å². The van der Waals surface area contributed by atoms with E-state index in [2.05, 4.69) is 0 Å². The van der Waals surface area contributed by atoms with Gasteiger partial charge in [-0.1, -0.05) is 12.1 Å². The quantitative estimate of drug-likeness (QED) is 0.576. The molecule has 0 heterocycles. The number of aliphatic hydroxyl groups excluding tert-OH is 1. The molecule has 0 amide bonds. The summed E-state index contributed by atoms with van der Waals surface area (Å²) in [6.07, 6.45) is -0.498. The Hall–Kier alpha value is -1.06. The average Bonchev–Trinajstić information content (AvgIpc) is 2.05. The highest BCUT2D eigenvalue weighted by molar-refractivity contribution is 5.28. The molecule has 0 saturated heterocycles. The van der Waals surface area contributed by atoms with Crippen molar-refractivity contribution in [3.05, 3.63) is 29.8 Å². The van der Waals surface area contributed by atoms with Gasteiger partial charge >= 0.3 is 0 Å². The monoisotopic (exact) mass is 168 g/mol. The van der Waals surface area contributed by atoms with E-state index in [9.17, 15) is 5.11 Å². The van der Waals surface area contributed by atoms with Crippen LogP contribution in [0.1, 0.15) is 11.7 Å². The number of quaternary nitrogens is 1. The number of benzene rings is 1. The number of rotatable bonds is 3. The van der Waals surface area contributed by atoms with Gasteiger partial charge in [0.2, 0.25) is 0 Å². The molecule has 0 bridgehead atoms. The van der Waals surface area contributed by atoms with Crippen LogP contribution in [0.3, 0.4) is 0 Å². The van der Waals surface area contributed by atoms with Crippen LogP contribution in [-0.4, -0.2) is 23.8 Å². The minimum absolute atomic E-state index is 0.197. The fourth-order valence-electron chi connectivity index (χ4n) is 1.09. The molecule has 0 fully saturated rings. The standard InChI is InChI=1S/C9H13NO2/c1-10-6-9(12)7-3-2-4-8(11)5-7/h2-5,9-12H,6H2,1H3/p+1/t9-/m1/s1. The zero-order chi connectivity index (χ0) is 8.97. The predicted molar refractivity (Wildman–Crippen MR) is 45.8 cm³/mol. The lowest BCUT2D eigenvalue weighted by Gasteiger charge is -2.07. The van der Waals surface area contributed by atoms with E-state index < -0.39 is 6.10 Å². The number of nitrogens with two attached hydrogens (primary N) is 1. The topological polar surface area (TPSA) is 57.1 Å². The third-order valence-electron chi connectivity index (χ3n) is 1.71. The lowest BCUT2D eigenvalue weighted by Crippen LogP contribution is -2.80. The first-order chi connectivity index (χ1) is 5.74. The number of hydrogen-bond acceptors (Lipinski definition) is 2. The van der Waals surface area contributed by atoms with Gasteiger partial charge < -0.3 is 15.5 Å². The first-order valence-corrected chi connectivity index (χ1v) is 3.99. The fraction of sp³-hybridized carbons (Fsp3) is 0.333. The van der Waals surface area contributed by atoms with Crippen molar-refractivity contribution in [2.45, 2.75) is 6.10 Å². The van der Waals surface area contributed by atoms with Crippen LogP contribution in [0, 0.1) is 0 Å². The summed E-state index contributed by atoms with van der Waals surface area (Å²) in [6.45, 7) is 0.615.